The van der Waals surface area contributed by atoms with E-state index in [1.165, 1.54) is 0 Å². The molecule has 5 nitrogen and oxygen atoms in total. The second-order valence-electron chi connectivity index (χ2n) is 4.68. The highest BCUT2D eigenvalue weighted by Gasteiger charge is 2.31. The van der Waals surface area contributed by atoms with Crippen LogP contribution in [0.5, 0.6) is 0 Å². The van der Waals surface area contributed by atoms with Crippen molar-refractivity contribution >= 4 is 11.9 Å². The van der Waals surface area contributed by atoms with Gasteiger partial charge in [-0.1, -0.05) is 5.92 Å². The van der Waals surface area contributed by atoms with Gasteiger partial charge in [0.1, 0.15) is 0 Å². The van der Waals surface area contributed by atoms with Gasteiger partial charge in [-0.15, -0.1) is 6.42 Å². The molecule has 1 fully saturated rings. The maximum absolute atomic E-state index is 11.8. The van der Waals surface area contributed by atoms with Crippen LogP contribution in [0.4, 0.5) is 0 Å². The van der Waals surface area contributed by atoms with E-state index in [9.17, 15) is 9.59 Å². The van der Waals surface area contributed by atoms with Gasteiger partial charge in [0, 0.05) is 6.54 Å². The Kier molecular flexibility index (Phi) is 6.37. The summed E-state index contributed by atoms with van der Waals surface area (Å²) in [6.07, 6.45) is 6.84. The highest BCUT2D eigenvalue weighted by Crippen LogP contribution is 2.19. The molecule has 2 atom stereocenters. The lowest BCUT2D eigenvalue weighted by molar-refractivity contribution is -0.151. The van der Waals surface area contributed by atoms with Gasteiger partial charge in [-0.3, -0.25) is 14.5 Å². The van der Waals surface area contributed by atoms with E-state index in [1.807, 2.05) is 11.8 Å². The number of nitrogens with zero attached hydrogens (tertiary/aromatic N) is 1. The molecule has 0 saturated carbocycles. The van der Waals surface area contributed by atoms with Gasteiger partial charge in [-0.2, -0.15) is 0 Å². The Morgan fingerprint density at radius 3 is 2.95 bits per heavy atom. The van der Waals surface area contributed by atoms with Crippen molar-refractivity contribution in [2.45, 2.75) is 32.7 Å². The molecule has 1 heterocycles. The first kappa shape index (κ1) is 15.5. The van der Waals surface area contributed by atoms with Crippen LogP contribution < -0.4 is 5.32 Å². The van der Waals surface area contributed by atoms with Crippen LogP contribution in [0.3, 0.4) is 0 Å². The Bertz CT molecular complexity index is 362. The number of hydrogen-bond acceptors (Lipinski definition) is 4. The molecule has 2 unspecified atom stereocenters. The quantitative estimate of drug-likeness (QED) is 0.578. The van der Waals surface area contributed by atoms with Crippen molar-refractivity contribution in [1.82, 2.24) is 10.2 Å². The predicted molar refractivity (Wildman–Crippen MR) is 72.2 cm³/mol. The van der Waals surface area contributed by atoms with Gasteiger partial charge in [0.15, 0.2) is 0 Å². The summed E-state index contributed by atoms with van der Waals surface area (Å²) in [5.74, 6) is 1.99. The zero-order chi connectivity index (χ0) is 14.3. The summed E-state index contributed by atoms with van der Waals surface area (Å²) < 4.78 is 5.04. The molecule has 1 aliphatic rings. The molecule has 0 aromatic carbocycles. The summed E-state index contributed by atoms with van der Waals surface area (Å²) >= 11 is 0. The second-order valence-corrected chi connectivity index (χ2v) is 4.68. The van der Waals surface area contributed by atoms with Crippen LogP contribution in [0, 0.1) is 18.3 Å². The smallest absolute Gasteiger partial charge is 0.310 e. The number of rotatable bonds is 5. The molecule has 0 aromatic rings. The zero-order valence-electron chi connectivity index (χ0n) is 11.6. The van der Waals surface area contributed by atoms with Crippen molar-refractivity contribution in [3.63, 3.8) is 0 Å². The number of carbonyl (C=O) groups excluding carboxylic acids is 2. The fourth-order valence-corrected chi connectivity index (χ4v) is 2.26. The number of esters is 1. The molecule has 1 saturated heterocycles. The summed E-state index contributed by atoms with van der Waals surface area (Å²) in [6, 6.07) is -0.273. The topological polar surface area (TPSA) is 58.6 Å². The minimum absolute atomic E-state index is 0.0949. The predicted octanol–water partition coefficient (Wildman–Crippen LogP) is 0.399. The monoisotopic (exact) mass is 266 g/mol. The number of nitrogens with one attached hydrogen (secondary N) is 1. The van der Waals surface area contributed by atoms with Crippen molar-refractivity contribution in [2.24, 2.45) is 5.92 Å². The van der Waals surface area contributed by atoms with Gasteiger partial charge < -0.3 is 10.1 Å². The number of hydrogen-bond donors (Lipinski definition) is 1. The maximum Gasteiger partial charge on any atom is 0.310 e. The largest absolute Gasteiger partial charge is 0.466 e. The second kappa shape index (κ2) is 7.80. The highest BCUT2D eigenvalue weighted by atomic mass is 16.5. The van der Waals surface area contributed by atoms with Gasteiger partial charge in [0.25, 0.3) is 0 Å². The SMILES string of the molecule is C#CCNC(=O)C(C)N1CCCC(C(=O)OCC)C1. The van der Waals surface area contributed by atoms with E-state index in [0.29, 0.717) is 13.2 Å². The van der Waals surface area contributed by atoms with Crippen molar-refractivity contribution in [3.05, 3.63) is 0 Å². The van der Waals surface area contributed by atoms with Crippen molar-refractivity contribution in [2.75, 3.05) is 26.2 Å². The number of piperidine rings is 1. The van der Waals surface area contributed by atoms with Crippen molar-refractivity contribution < 1.29 is 14.3 Å². The Balaban J connectivity index is 2.52. The van der Waals surface area contributed by atoms with Crippen LogP contribution in [0.1, 0.15) is 26.7 Å². The lowest BCUT2D eigenvalue weighted by Crippen LogP contribution is -2.50. The van der Waals surface area contributed by atoms with Crippen molar-refractivity contribution in [1.29, 1.82) is 0 Å². The fourth-order valence-electron chi connectivity index (χ4n) is 2.26. The van der Waals surface area contributed by atoms with Crippen LogP contribution in [-0.2, 0) is 14.3 Å². The third kappa shape index (κ3) is 4.56. The van der Waals surface area contributed by atoms with E-state index in [1.54, 1.807) is 6.92 Å². The van der Waals surface area contributed by atoms with Crippen molar-refractivity contribution in [3.8, 4) is 12.3 Å². The van der Waals surface area contributed by atoms with Gasteiger partial charge in [0.05, 0.1) is 25.1 Å². The molecule has 0 spiro atoms. The van der Waals surface area contributed by atoms with Gasteiger partial charge in [0.2, 0.25) is 5.91 Å². The summed E-state index contributed by atoms with van der Waals surface area (Å²) in [5, 5.41) is 2.67. The molecule has 0 aliphatic carbocycles. The van der Waals surface area contributed by atoms with Gasteiger partial charge in [-0.05, 0) is 33.2 Å². The third-order valence-electron chi connectivity index (χ3n) is 3.36. The summed E-state index contributed by atoms with van der Waals surface area (Å²) in [7, 11) is 0. The summed E-state index contributed by atoms with van der Waals surface area (Å²) in [6.45, 7) is 5.66. The van der Waals surface area contributed by atoms with Crippen LogP contribution in [0.15, 0.2) is 0 Å². The van der Waals surface area contributed by atoms with Crippen LogP contribution in [-0.4, -0.2) is 49.1 Å². The molecule has 0 radical (unpaired) electrons. The van der Waals surface area contributed by atoms with Crippen LogP contribution in [0.2, 0.25) is 0 Å². The molecule has 1 amide bonds. The Hall–Kier alpha value is -1.54. The molecular formula is C14H22N2O3. The van der Waals surface area contributed by atoms with E-state index < -0.39 is 0 Å². The zero-order valence-corrected chi connectivity index (χ0v) is 11.6. The Morgan fingerprint density at radius 1 is 1.58 bits per heavy atom. The minimum Gasteiger partial charge on any atom is -0.466 e. The maximum atomic E-state index is 11.8. The number of amides is 1. The Labute approximate surface area is 114 Å². The molecule has 0 bridgehead atoms. The molecule has 0 aromatic heterocycles. The summed E-state index contributed by atoms with van der Waals surface area (Å²) in [4.78, 5) is 25.6. The molecule has 5 heteroatoms. The molecule has 1 N–H and O–H groups in total. The molecular weight excluding hydrogens is 244 g/mol. The Morgan fingerprint density at radius 2 is 2.32 bits per heavy atom. The summed E-state index contributed by atoms with van der Waals surface area (Å²) in [5.41, 5.74) is 0. The minimum atomic E-state index is -0.273. The van der Waals surface area contributed by atoms with E-state index >= 15 is 0 Å². The first-order chi connectivity index (χ1) is 9.10. The number of ether oxygens (including phenoxy) is 1. The molecule has 19 heavy (non-hydrogen) atoms. The number of terminal acetylenes is 1. The lowest BCUT2D eigenvalue weighted by atomic mass is 9.97. The number of likely N-dealkylation sites (tertiary alicyclic amines) is 1. The average Bonchev–Trinajstić information content (AvgIpc) is 2.44. The van der Waals surface area contributed by atoms with E-state index in [2.05, 4.69) is 11.2 Å². The van der Waals surface area contributed by atoms with Crippen LogP contribution >= 0.6 is 0 Å². The van der Waals surface area contributed by atoms with E-state index in [4.69, 9.17) is 11.2 Å². The average molecular weight is 266 g/mol. The first-order valence-corrected chi connectivity index (χ1v) is 6.72. The highest BCUT2D eigenvalue weighted by molar-refractivity contribution is 5.81. The van der Waals surface area contributed by atoms with Gasteiger partial charge in [-0.25, -0.2) is 0 Å². The molecule has 106 valence electrons. The van der Waals surface area contributed by atoms with Gasteiger partial charge >= 0.3 is 5.97 Å². The third-order valence-corrected chi connectivity index (χ3v) is 3.36. The standard InChI is InChI=1S/C14H22N2O3/c1-4-8-15-13(17)11(3)16-9-6-7-12(10-16)14(18)19-5-2/h1,11-12H,5-10H2,2-3H3,(H,15,17). The molecule has 1 rings (SSSR count). The normalized spacial score (nSPS) is 21.2. The van der Waals surface area contributed by atoms with E-state index in [-0.39, 0.29) is 30.4 Å². The molecule has 1 aliphatic heterocycles. The fraction of sp³-hybridized carbons (Fsp3) is 0.714. The lowest BCUT2D eigenvalue weighted by Gasteiger charge is -2.34. The first-order valence-electron chi connectivity index (χ1n) is 6.72. The van der Waals surface area contributed by atoms with Crippen LogP contribution in [0.25, 0.3) is 0 Å². The van der Waals surface area contributed by atoms with E-state index in [0.717, 1.165) is 19.4 Å². The number of carbonyl (C=O) groups is 2.